The molecule has 118 valence electrons. The van der Waals surface area contributed by atoms with Crippen LogP contribution in [-0.2, 0) is 4.79 Å². The molecule has 0 saturated carbocycles. The van der Waals surface area contributed by atoms with Crippen LogP contribution in [0.1, 0.15) is 24.5 Å². The van der Waals surface area contributed by atoms with Gasteiger partial charge in [0.15, 0.2) is 0 Å². The van der Waals surface area contributed by atoms with Gasteiger partial charge >= 0.3 is 0 Å². The number of nitrogens with zero attached hydrogens (tertiary/aromatic N) is 1. The van der Waals surface area contributed by atoms with E-state index < -0.39 is 6.10 Å². The van der Waals surface area contributed by atoms with Crippen LogP contribution in [0, 0.1) is 0 Å². The number of ether oxygens (including phenoxy) is 1. The number of rotatable bonds is 4. The van der Waals surface area contributed by atoms with Crippen molar-refractivity contribution in [3.63, 3.8) is 0 Å². The highest BCUT2D eigenvalue weighted by molar-refractivity contribution is 5.83. The van der Waals surface area contributed by atoms with Gasteiger partial charge in [0, 0.05) is 18.7 Å². The SMILES string of the molecule is C=C1CCN(C(=O)C(Oc2ccccc2)c2ccccc2)CC1. The first-order chi connectivity index (χ1) is 11.2. The highest BCUT2D eigenvalue weighted by atomic mass is 16.5. The number of carbonyl (C=O) groups is 1. The number of carbonyl (C=O) groups excluding carboxylic acids is 1. The molecule has 2 aromatic carbocycles. The molecule has 23 heavy (non-hydrogen) atoms. The summed E-state index contributed by atoms with van der Waals surface area (Å²) in [6.07, 6.45) is 1.14. The number of benzene rings is 2. The lowest BCUT2D eigenvalue weighted by Crippen LogP contribution is -2.40. The lowest BCUT2D eigenvalue weighted by atomic mass is 10.0. The van der Waals surface area contributed by atoms with Gasteiger partial charge in [0.05, 0.1) is 0 Å². The lowest BCUT2D eigenvalue weighted by molar-refractivity contribution is -0.139. The third kappa shape index (κ3) is 3.81. The fourth-order valence-electron chi connectivity index (χ4n) is 2.73. The molecule has 1 heterocycles. The summed E-state index contributed by atoms with van der Waals surface area (Å²) in [5.41, 5.74) is 2.10. The third-order valence-corrected chi connectivity index (χ3v) is 4.11. The fraction of sp³-hybridized carbons (Fsp3) is 0.250. The normalized spacial score (nSPS) is 16.0. The van der Waals surface area contributed by atoms with Gasteiger partial charge in [-0.05, 0) is 25.0 Å². The van der Waals surface area contributed by atoms with Gasteiger partial charge in [0.2, 0.25) is 6.10 Å². The van der Waals surface area contributed by atoms with Crippen LogP contribution in [0.2, 0.25) is 0 Å². The van der Waals surface area contributed by atoms with Gasteiger partial charge in [-0.1, -0.05) is 60.7 Å². The van der Waals surface area contributed by atoms with Crippen molar-refractivity contribution in [2.75, 3.05) is 13.1 Å². The second-order valence-electron chi connectivity index (χ2n) is 5.80. The van der Waals surface area contributed by atoms with Gasteiger partial charge in [0.25, 0.3) is 5.91 Å². The molecule has 1 fully saturated rings. The number of piperidine rings is 1. The molecule has 3 nitrogen and oxygen atoms in total. The van der Waals surface area contributed by atoms with Crippen molar-refractivity contribution >= 4 is 5.91 Å². The Morgan fingerprint density at radius 2 is 1.52 bits per heavy atom. The van der Waals surface area contributed by atoms with E-state index in [0.29, 0.717) is 5.75 Å². The summed E-state index contributed by atoms with van der Waals surface area (Å²) < 4.78 is 6.03. The zero-order chi connectivity index (χ0) is 16.1. The van der Waals surface area contributed by atoms with Crippen LogP contribution in [-0.4, -0.2) is 23.9 Å². The minimum absolute atomic E-state index is 0.0209. The molecule has 1 amide bonds. The molecule has 1 aliphatic rings. The first-order valence-electron chi connectivity index (χ1n) is 7.96. The first kappa shape index (κ1) is 15.3. The Kier molecular flexibility index (Phi) is 4.77. The molecular weight excluding hydrogens is 286 g/mol. The average molecular weight is 307 g/mol. The predicted molar refractivity (Wildman–Crippen MR) is 91.2 cm³/mol. The van der Waals surface area contributed by atoms with Gasteiger partial charge in [-0.25, -0.2) is 0 Å². The summed E-state index contributed by atoms with van der Waals surface area (Å²) in [5, 5.41) is 0. The van der Waals surface area contributed by atoms with E-state index in [1.807, 2.05) is 65.6 Å². The van der Waals surface area contributed by atoms with Gasteiger partial charge in [-0.15, -0.1) is 0 Å². The Labute approximate surface area is 137 Å². The molecule has 0 bridgehead atoms. The van der Waals surface area contributed by atoms with Crippen molar-refractivity contribution < 1.29 is 9.53 Å². The number of hydrogen-bond donors (Lipinski definition) is 0. The maximum absolute atomic E-state index is 13.0. The Morgan fingerprint density at radius 3 is 2.13 bits per heavy atom. The molecule has 1 aliphatic heterocycles. The summed E-state index contributed by atoms with van der Waals surface area (Å²) in [5.74, 6) is 0.726. The van der Waals surface area contributed by atoms with E-state index in [-0.39, 0.29) is 5.91 Å². The van der Waals surface area contributed by atoms with Crippen LogP contribution in [0.4, 0.5) is 0 Å². The van der Waals surface area contributed by atoms with E-state index in [9.17, 15) is 4.79 Å². The van der Waals surface area contributed by atoms with Crippen LogP contribution in [0.25, 0.3) is 0 Å². The molecule has 0 N–H and O–H groups in total. The molecule has 1 unspecified atom stereocenters. The van der Waals surface area contributed by atoms with Crippen molar-refractivity contribution in [1.29, 1.82) is 0 Å². The van der Waals surface area contributed by atoms with Crippen molar-refractivity contribution in [2.45, 2.75) is 18.9 Å². The molecule has 3 rings (SSSR count). The van der Waals surface area contributed by atoms with Crippen LogP contribution in [0.15, 0.2) is 72.8 Å². The molecule has 2 aromatic rings. The van der Waals surface area contributed by atoms with Crippen LogP contribution in [0.3, 0.4) is 0 Å². The smallest absolute Gasteiger partial charge is 0.268 e. The zero-order valence-corrected chi connectivity index (χ0v) is 13.2. The van der Waals surface area contributed by atoms with Crippen LogP contribution >= 0.6 is 0 Å². The standard InChI is InChI=1S/C20H21NO2/c1-16-12-14-21(15-13-16)20(22)19(17-8-4-2-5-9-17)23-18-10-6-3-7-11-18/h2-11,19H,1,12-15H2. The van der Waals surface area contributed by atoms with Gasteiger partial charge in [0.1, 0.15) is 5.75 Å². The summed E-state index contributed by atoms with van der Waals surface area (Å²) >= 11 is 0. The van der Waals surface area contributed by atoms with E-state index in [0.717, 1.165) is 31.5 Å². The van der Waals surface area contributed by atoms with Gasteiger partial charge in [-0.3, -0.25) is 4.79 Å². The molecule has 0 aliphatic carbocycles. The Morgan fingerprint density at radius 1 is 0.957 bits per heavy atom. The van der Waals surface area contributed by atoms with E-state index >= 15 is 0 Å². The third-order valence-electron chi connectivity index (χ3n) is 4.11. The summed E-state index contributed by atoms with van der Waals surface area (Å²) in [7, 11) is 0. The Bertz CT molecular complexity index is 657. The van der Waals surface area contributed by atoms with E-state index in [1.165, 1.54) is 5.57 Å². The minimum Gasteiger partial charge on any atom is -0.476 e. The fourth-order valence-corrected chi connectivity index (χ4v) is 2.73. The number of hydrogen-bond acceptors (Lipinski definition) is 2. The van der Waals surface area contributed by atoms with Crippen molar-refractivity contribution in [3.05, 3.63) is 78.4 Å². The molecule has 1 saturated heterocycles. The topological polar surface area (TPSA) is 29.5 Å². The second kappa shape index (κ2) is 7.14. The van der Waals surface area contributed by atoms with E-state index in [2.05, 4.69) is 6.58 Å². The Balaban J connectivity index is 1.83. The van der Waals surface area contributed by atoms with Crippen LogP contribution in [0.5, 0.6) is 5.75 Å². The predicted octanol–water partition coefficient (Wildman–Crippen LogP) is 3.99. The highest BCUT2D eigenvalue weighted by Gasteiger charge is 2.29. The van der Waals surface area contributed by atoms with Crippen molar-refractivity contribution in [3.8, 4) is 5.75 Å². The monoisotopic (exact) mass is 307 g/mol. The quantitative estimate of drug-likeness (QED) is 0.799. The van der Waals surface area contributed by atoms with Crippen molar-refractivity contribution in [1.82, 2.24) is 4.90 Å². The maximum Gasteiger partial charge on any atom is 0.268 e. The highest BCUT2D eigenvalue weighted by Crippen LogP contribution is 2.26. The molecule has 1 atom stereocenters. The second-order valence-corrected chi connectivity index (χ2v) is 5.80. The number of para-hydroxylation sites is 1. The minimum atomic E-state index is -0.607. The van der Waals surface area contributed by atoms with Crippen molar-refractivity contribution in [2.24, 2.45) is 0 Å². The molecule has 0 aromatic heterocycles. The van der Waals surface area contributed by atoms with E-state index in [1.54, 1.807) is 0 Å². The maximum atomic E-state index is 13.0. The summed E-state index contributed by atoms with van der Waals surface area (Å²) in [6, 6.07) is 19.2. The Hall–Kier alpha value is -2.55. The first-order valence-corrected chi connectivity index (χ1v) is 7.96. The number of likely N-dealkylation sites (tertiary alicyclic amines) is 1. The van der Waals surface area contributed by atoms with Gasteiger partial charge in [-0.2, -0.15) is 0 Å². The average Bonchev–Trinajstić information content (AvgIpc) is 2.61. The molecular formula is C20H21NO2. The molecule has 0 radical (unpaired) electrons. The largest absolute Gasteiger partial charge is 0.476 e. The summed E-state index contributed by atoms with van der Waals surface area (Å²) in [4.78, 5) is 14.9. The lowest BCUT2D eigenvalue weighted by Gasteiger charge is -2.31. The zero-order valence-electron chi connectivity index (χ0n) is 13.2. The van der Waals surface area contributed by atoms with Crippen LogP contribution < -0.4 is 4.74 Å². The molecule has 3 heteroatoms. The van der Waals surface area contributed by atoms with Gasteiger partial charge < -0.3 is 9.64 Å². The van der Waals surface area contributed by atoms with E-state index in [4.69, 9.17) is 4.74 Å². The molecule has 0 spiro atoms. The summed E-state index contributed by atoms with van der Waals surface area (Å²) in [6.45, 7) is 5.45. The number of amides is 1.